The molecule has 0 aliphatic heterocycles. The molecule has 4 aromatic rings. The van der Waals surface area contributed by atoms with E-state index in [-0.39, 0.29) is 0 Å². The van der Waals surface area contributed by atoms with Gasteiger partial charge in [-0.05, 0) is 6.92 Å². The summed E-state index contributed by atoms with van der Waals surface area (Å²) in [4.78, 5) is 1.75. The molecule has 0 saturated heterocycles. The van der Waals surface area contributed by atoms with Crippen LogP contribution in [0.25, 0.3) is 0 Å². The Balaban J connectivity index is 0.000000665. The zero-order chi connectivity index (χ0) is 43.2. The molecule has 56 heavy (non-hydrogen) atoms. The van der Waals surface area contributed by atoms with Crippen molar-refractivity contribution >= 4 is 28.0 Å². The molecular weight excluding hydrogens is 813 g/mol. The second-order valence-electron chi connectivity index (χ2n) is 13.1. The number of rotatable bonds is 9. The highest BCUT2D eigenvalue weighted by Crippen LogP contribution is 2.30. The van der Waals surface area contributed by atoms with Gasteiger partial charge >= 0.3 is 0 Å². The summed E-state index contributed by atoms with van der Waals surface area (Å²) < 4.78 is 294. The second-order valence-corrected chi connectivity index (χ2v) is 13.1. The van der Waals surface area contributed by atoms with E-state index in [2.05, 4.69) is 34.6 Å². The van der Waals surface area contributed by atoms with E-state index in [0.717, 1.165) is 11.8 Å². The van der Waals surface area contributed by atoms with Gasteiger partial charge in [-0.25, -0.2) is 87.8 Å². The van der Waals surface area contributed by atoms with E-state index in [1.54, 1.807) is 4.90 Å². The van der Waals surface area contributed by atoms with E-state index in [4.69, 9.17) is 0 Å². The predicted octanol–water partition coefficient (Wildman–Crippen LogP) is 7.05. The Labute approximate surface area is 303 Å². The van der Waals surface area contributed by atoms with Crippen molar-refractivity contribution in [1.29, 1.82) is 0 Å². The zero-order valence-electron chi connectivity index (χ0n) is 28.9. The van der Waals surface area contributed by atoms with Crippen LogP contribution in [0.2, 0.25) is 0 Å². The maximum atomic E-state index is 15.4. The second kappa shape index (κ2) is 16.9. The van der Waals surface area contributed by atoms with Crippen LogP contribution < -0.4 is 26.8 Å². The molecule has 0 aliphatic carbocycles. The van der Waals surface area contributed by atoms with Gasteiger partial charge in [0.1, 0.15) is 52.7 Å². The summed E-state index contributed by atoms with van der Waals surface area (Å²) in [6.07, 6.45) is -7.22. The molecule has 0 radical (unpaired) electrons. The molecule has 22 heteroatoms. The maximum Gasteiger partial charge on any atom is 0.200 e. The molecule has 308 valence electrons. The minimum Gasteiger partial charge on any atom is -0.335 e. The normalized spacial score (nSPS) is 12.0. The van der Waals surface area contributed by atoms with E-state index >= 15 is 35.1 Å². The summed E-state index contributed by atoms with van der Waals surface area (Å²) in [5.41, 5.74) is -14.3. The first-order valence-corrected chi connectivity index (χ1v) is 15.8. The molecule has 0 amide bonds. The van der Waals surface area contributed by atoms with E-state index in [0.29, 0.717) is 0 Å². The zero-order valence-corrected chi connectivity index (χ0v) is 28.9. The van der Waals surface area contributed by atoms with Crippen LogP contribution >= 0.6 is 0 Å². The maximum absolute atomic E-state index is 15.4. The van der Waals surface area contributed by atoms with Crippen molar-refractivity contribution < 1.29 is 92.7 Å². The Morgan fingerprint density at radius 1 is 0.304 bits per heavy atom. The number of nitrogens with one attached hydrogen (secondary N) is 1. The molecular formula is C34H24BF20N. The molecule has 0 heterocycles. The largest absolute Gasteiger partial charge is 0.335 e. The van der Waals surface area contributed by atoms with Crippen LogP contribution in [0.15, 0.2) is 0 Å². The fraction of sp³-hybridized carbons (Fsp3) is 0.294. The third-order valence-corrected chi connectivity index (χ3v) is 8.60. The summed E-state index contributed by atoms with van der Waals surface area (Å²) in [5.74, 6) is -69.7. The van der Waals surface area contributed by atoms with Gasteiger partial charge in [-0.2, -0.15) is 0 Å². The number of hydrogen-bond donors (Lipinski definition) is 1. The van der Waals surface area contributed by atoms with E-state index < -0.39 is 144 Å². The van der Waals surface area contributed by atoms with Gasteiger partial charge in [0, 0.05) is 11.8 Å². The van der Waals surface area contributed by atoms with Gasteiger partial charge in [0.25, 0.3) is 0 Å². The fourth-order valence-electron chi connectivity index (χ4n) is 6.40. The minimum atomic E-state index is -7.22. The van der Waals surface area contributed by atoms with Crippen LogP contribution in [0.1, 0.15) is 34.6 Å². The molecule has 0 unspecified atom stereocenters. The predicted molar refractivity (Wildman–Crippen MR) is 160 cm³/mol. The Hall–Kier alpha value is -4.50. The number of halogens is 20. The van der Waals surface area contributed by atoms with Crippen LogP contribution in [0.5, 0.6) is 0 Å². The minimum absolute atomic E-state index is 0.837. The molecule has 0 aliphatic rings. The third-order valence-electron chi connectivity index (χ3n) is 8.60. The highest BCUT2D eigenvalue weighted by Gasteiger charge is 2.52. The molecule has 0 saturated carbocycles. The quantitative estimate of drug-likeness (QED) is 0.0799. The van der Waals surface area contributed by atoms with Crippen LogP contribution in [0, 0.1) is 128 Å². The lowest BCUT2D eigenvalue weighted by atomic mass is 9.12. The Bertz CT molecular complexity index is 1780. The average molecular weight is 837 g/mol. The Morgan fingerprint density at radius 2 is 0.446 bits per heavy atom. The first-order chi connectivity index (χ1) is 25.8. The van der Waals surface area contributed by atoms with Crippen molar-refractivity contribution in [1.82, 2.24) is 0 Å². The first kappa shape index (κ1) is 45.9. The summed E-state index contributed by atoms with van der Waals surface area (Å²) in [7, 11) is 0. The molecule has 4 aromatic carbocycles. The van der Waals surface area contributed by atoms with Gasteiger partial charge in [0.2, 0.25) is 0 Å². The van der Waals surface area contributed by atoms with Gasteiger partial charge in [0.15, 0.2) is 69.8 Å². The molecule has 4 rings (SSSR count). The van der Waals surface area contributed by atoms with Crippen molar-refractivity contribution in [2.45, 2.75) is 34.6 Å². The lowest BCUT2D eigenvalue weighted by Crippen LogP contribution is -3.12. The number of benzene rings is 4. The van der Waals surface area contributed by atoms with Gasteiger partial charge in [-0.15, -0.1) is 21.9 Å². The van der Waals surface area contributed by atoms with E-state index in [1.165, 1.54) is 19.6 Å². The molecule has 0 fully saturated rings. The lowest BCUT2D eigenvalue weighted by Gasteiger charge is -2.44. The van der Waals surface area contributed by atoms with Crippen molar-refractivity contribution in [3.63, 3.8) is 0 Å². The topological polar surface area (TPSA) is 4.44 Å². The molecule has 0 bridgehead atoms. The summed E-state index contributed by atoms with van der Waals surface area (Å²) in [6.45, 7) is 15.4. The standard InChI is InChI=1S/C24BF20.C10H23N/c26-5-1(6(27)14(35)21(42)13(5)34)25(2-7(28)15(36)22(43)16(37)8(2)29,3-9(30)17(38)23(44)18(39)10(3)31)4-11(32)19(40)24(45)20(41)12(4)33;1-6-11(7-9(2)3)8-10(4)5/h;9-10H,6-8H2,1-5H3/q-1;/p+1. The van der Waals surface area contributed by atoms with Crippen LogP contribution in [-0.4, -0.2) is 25.8 Å². The Kier molecular flexibility index (Phi) is 13.9. The van der Waals surface area contributed by atoms with Crippen LogP contribution in [0.4, 0.5) is 87.8 Å². The SMILES string of the molecule is CC[NH+](CC(C)C)CC(C)C.Fc1c(F)c(F)c([B-](c2c(F)c(F)c(F)c(F)c2F)(c2c(F)c(F)c(F)c(F)c2F)c2c(F)c(F)c(F)c(F)c2F)c(F)c1F. The van der Waals surface area contributed by atoms with Crippen LogP contribution in [-0.2, 0) is 0 Å². The molecule has 1 N–H and O–H groups in total. The van der Waals surface area contributed by atoms with Crippen molar-refractivity contribution in [3.8, 4) is 0 Å². The number of quaternary nitrogens is 1. The summed E-state index contributed by atoms with van der Waals surface area (Å²) in [5, 5.41) is 0. The fourth-order valence-corrected chi connectivity index (χ4v) is 6.40. The first-order valence-electron chi connectivity index (χ1n) is 15.8. The molecule has 0 atom stereocenters. The monoisotopic (exact) mass is 837 g/mol. The molecule has 0 spiro atoms. The Morgan fingerprint density at radius 3 is 0.571 bits per heavy atom. The van der Waals surface area contributed by atoms with Gasteiger partial charge in [0.05, 0.1) is 19.6 Å². The van der Waals surface area contributed by atoms with E-state index in [9.17, 15) is 52.7 Å². The van der Waals surface area contributed by atoms with Crippen molar-refractivity contribution in [2.24, 2.45) is 11.8 Å². The van der Waals surface area contributed by atoms with E-state index in [1.807, 2.05) is 0 Å². The van der Waals surface area contributed by atoms with Crippen molar-refractivity contribution in [2.75, 3.05) is 19.6 Å². The highest BCUT2D eigenvalue weighted by molar-refractivity contribution is 7.20. The highest BCUT2D eigenvalue weighted by atomic mass is 19.2. The average Bonchev–Trinajstić information content (AvgIpc) is 3.14. The van der Waals surface area contributed by atoms with Gasteiger partial charge < -0.3 is 4.90 Å². The number of hydrogen-bond acceptors (Lipinski definition) is 0. The smallest absolute Gasteiger partial charge is 0.200 e. The third kappa shape index (κ3) is 7.39. The molecule has 0 aromatic heterocycles. The van der Waals surface area contributed by atoms with Crippen LogP contribution in [0.3, 0.4) is 0 Å². The summed E-state index contributed by atoms with van der Waals surface area (Å²) in [6, 6.07) is 0. The summed E-state index contributed by atoms with van der Waals surface area (Å²) >= 11 is 0. The molecule has 1 nitrogen and oxygen atoms in total. The lowest BCUT2D eigenvalue weighted by molar-refractivity contribution is -0.904. The van der Waals surface area contributed by atoms with Gasteiger partial charge in [-0.1, -0.05) is 27.7 Å². The van der Waals surface area contributed by atoms with Gasteiger partial charge in [-0.3, -0.25) is 0 Å². The van der Waals surface area contributed by atoms with Crippen molar-refractivity contribution in [3.05, 3.63) is 116 Å².